The number of aromatic nitrogens is 2. The highest BCUT2D eigenvalue weighted by Gasteiger charge is 2.21. The Balaban J connectivity index is 0.00000280. The standard InChI is InChI=1S/C19H24N4O4.ClH/c1-2-26-17(24)12-27-14-5-3-13(4-6-14)7-10-21-19(25)18-15-11-20-9-8-16(15)22-23-18;/h3-6,20H,2,7-12H2,1H3,(H,21,25)(H,22,23);1H. The molecule has 0 unspecified atom stereocenters. The van der Waals surface area contributed by atoms with Crippen molar-refractivity contribution < 1.29 is 19.1 Å². The first kappa shape index (κ1) is 21.7. The predicted molar refractivity (Wildman–Crippen MR) is 106 cm³/mol. The van der Waals surface area contributed by atoms with Crippen molar-refractivity contribution in [2.45, 2.75) is 26.3 Å². The van der Waals surface area contributed by atoms with Gasteiger partial charge >= 0.3 is 5.97 Å². The Hall–Kier alpha value is -2.58. The first-order chi connectivity index (χ1) is 13.2. The summed E-state index contributed by atoms with van der Waals surface area (Å²) in [5.41, 5.74) is 3.53. The zero-order valence-corrected chi connectivity index (χ0v) is 16.6. The second-order valence-electron chi connectivity index (χ2n) is 6.20. The topological polar surface area (TPSA) is 105 Å². The number of hydrogen-bond donors (Lipinski definition) is 3. The summed E-state index contributed by atoms with van der Waals surface area (Å²) in [4.78, 5) is 23.6. The van der Waals surface area contributed by atoms with Crippen molar-refractivity contribution in [3.05, 3.63) is 46.8 Å². The van der Waals surface area contributed by atoms with E-state index in [0.717, 1.165) is 29.8 Å². The molecule has 0 saturated heterocycles. The molecule has 2 aromatic rings. The number of H-pyrrole nitrogens is 1. The van der Waals surface area contributed by atoms with Gasteiger partial charge in [-0.05, 0) is 31.0 Å². The van der Waals surface area contributed by atoms with E-state index >= 15 is 0 Å². The summed E-state index contributed by atoms with van der Waals surface area (Å²) in [6.07, 6.45) is 1.55. The third-order valence-electron chi connectivity index (χ3n) is 4.31. The number of halogens is 1. The van der Waals surface area contributed by atoms with Crippen molar-refractivity contribution in [1.82, 2.24) is 20.8 Å². The molecule has 1 aromatic carbocycles. The zero-order chi connectivity index (χ0) is 19.1. The number of nitrogens with zero attached hydrogens (tertiary/aromatic N) is 1. The van der Waals surface area contributed by atoms with Crippen molar-refractivity contribution in [2.24, 2.45) is 0 Å². The molecule has 1 aliphatic rings. The number of rotatable bonds is 8. The lowest BCUT2D eigenvalue weighted by Crippen LogP contribution is -2.29. The molecule has 2 heterocycles. The molecule has 1 amide bonds. The van der Waals surface area contributed by atoms with E-state index in [1.165, 1.54) is 0 Å². The molecule has 0 radical (unpaired) electrons. The fraction of sp³-hybridized carbons (Fsp3) is 0.421. The van der Waals surface area contributed by atoms with Crippen LogP contribution in [0.4, 0.5) is 0 Å². The van der Waals surface area contributed by atoms with Crippen LogP contribution in [0.15, 0.2) is 24.3 Å². The summed E-state index contributed by atoms with van der Waals surface area (Å²) in [5, 5.41) is 13.3. The van der Waals surface area contributed by atoms with Gasteiger partial charge in [0.1, 0.15) is 5.75 Å². The molecule has 28 heavy (non-hydrogen) atoms. The average Bonchev–Trinajstić information content (AvgIpc) is 3.12. The zero-order valence-electron chi connectivity index (χ0n) is 15.7. The molecular formula is C19H25ClN4O4. The largest absolute Gasteiger partial charge is 0.482 e. The Morgan fingerprint density at radius 3 is 2.79 bits per heavy atom. The van der Waals surface area contributed by atoms with E-state index in [0.29, 0.717) is 37.6 Å². The lowest BCUT2D eigenvalue weighted by molar-refractivity contribution is -0.145. The molecule has 9 heteroatoms. The predicted octanol–water partition coefficient (Wildman–Crippen LogP) is 1.39. The monoisotopic (exact) mass is 408 g/mol. The first-order valence-corrected chi connectivity index (χ1v) is 9.09. The number of nitrogens with one attached hydrogen (secondary N) is 3. The number of amides is 1. The molecule has 0 atom stereocenters. The molecule has 3 rings (SSSR count). The Morgan fingerprint density at radius 2 is 2.04 bits per heavy atom. The van der Waals surface area contributed by atoms with Gasteiger partial charge < -0.3 is 20.1 Å². The van der Waals surface area contributed by atoms with Crippen LogP contribution in [0.25, 0.3) is 0 Å². The lowest BCUT2D eigenvalue weighted by atomic mass is 10.1. The van der Waals surface area contributed by atoms with Crippen molar-refractivity contribution in [1.29, 1.82) is 0 Å². The minimum absolute atomic E-state index is 0. The van der Waals surface area contributed by atoms with Gasteiger partial charge in [-0.15, -0.1) is 12.4 Å². The Kier molecular flexibility index (Phi) is 8.28. The van der Waals surface area contributed by atoms with Crippen LogP contribution in [-0.4, -0.2) is 48.4 Å². The normalized spacial score (nSPS) is 12.5. The highest BCUT2D eigenvalue weighted by molar-refractivity contribution is 5.94. The maximum Gasteiger partial charge on any atom is 0.344 e. The summed E-state index contributed by atoms with van der Waals surface area (Å²) in [6.45, 7) is 4.06. The molecule has 8 nitrogen and oxygen atoms in total. The second kappa shape index (κ2) is 10.7. The highest BCUT2D eigenvalue weighted by atomic mass is 35.5. The van der Waals surface area contributed by atoms with Crippen LogP contribution in [0, 0.1) is 0 Å². The quantitative estimate of drug-likeness (QED) is 0.570. The van der Waals surface area contributed by atoms with Gasteiger partial charge in [0.05, 0.1) is 6.61 Å². The van der Waals surface area contributed by atoms with E-state index in [2.05, 4.69) is 20.8 Å². The highest BCUT2D eigenvalue weighted by Crippen LogP contribution is 2.15. The smallest absolute Gasteiger partial charge is 0.344 e. The third-order valence-corrected chi connectivity index (χ3v) is 4.31. The van der Waals surface area contributed by atoms with E-state index in [-0.39, 0.29) is 30.9 Å². The third kappa shape index (κ3) is 5.71. The van der Waals surface area contributed by atoms with E-state index in [1.807, 2.05) is 12.1 Å². The van der Waals surface area contributed by atoms with Crippen molar-refractivity contribution in [2.75, 3.05) is 26.3 Å². The number of carbonyl (C=O) groups is 2. The number of hydrogen-bond acceptors (Lipinski definition) is 6. The first-order valence-electron chi connectivity index (χ1n) is 9.09. The van der Waals surface area contributed by atoms with Gasteiger partial charge in [-0.25, -0.2) is 4.79 Å². The number of carbonyl (C=O) groups excluding carboxylic acids is 2. The van der Waals surface area contributed by atoms with Gasteiger partial charge in [0.2, 0.25) is 0 Å². The van der Waals surface area contributed by atoms with Crippen LogP contribution in [0.3, 0.4) is 0 Å². The number of benzene rings is 1. The fourth-order valence-electron chi connectivity index (χ4n) is 2.91. The summed E-state index contributed by atoms with van der Waals surface area (Å²) in [7, 11) is 0. The van der Waals surface area contributed by atoms with E-state index in [9.17, 15) is 9.59 Å². The van der Waals surface area contributed by atoms with Gasteiger partial charge in [0, 0.05) is 37.3 Å². The molecule has 0 fully saturated rings. The van der Waals surface area contributed by atoms with Crippen LogP contribution in [0.2, 0.25) is 0 Å². The van der Waals surface area contributed by atoms with Crippen LogP contribution in [0.1, 0.15) is 34.2 Å². The Bertz CT molecular complexity index is 792. The Labute approximate surface area is 169 Å². The molecular weight excluding hydrogens is 384 g/mol. The van der Waals surface area contributed by atoms with Gasteiger partial charge in [-0.1, -0.05) is 12.1 Å². The molecule has 152 valence electrons. The van der Waals surface area contributed by atoms with Crippen molar-refractivity contribution >= 4 is 24.3 Å². The minimum atomic E-state index is -0.389. The van der Waals surface area contributed by atoms with E-state index in [4.69, 9.17) is 9.47 Å². The molecule has 3 N–H and O–H groups in total. The van der Waals surface area contributed by atoms with E-state index in [1.54, 1.807) is 19.1 Å². The van der Waals surface area contributed by atoms with Crippen molar-refractivity contribution in [3.8, 4) is 5.75 Å². The summed E-state index contributed by atoms with van der Waals surface area (Å²) in [5.74, 6) is 0.0529. The van der Waals surface area contributed by atoms with Crippen LogP contribution in [-0.2, 0) is 28.9 Å². The lowest BCUT2D eigenvalue weighted by Gasteiger charge is -2.12. The summed E-state index contributed by atoms with van der Waals surface area (Å²) >= 11 is 0. The Morgan fingerprint density at radius 1 is 1.25 bits per heavy atom. The number of esters is 1. The summed E-state index contributed by atoms with van der Waals surface area (Å²) in [6, 6.07) is 7.41. The maximum atomic E-state index is 12.3. The summed E-state index contributed by atoms with van der Waals surface area (Å²) < 4.78 is 10.2. The van der Waals surface area contributed by atoms with Gasteiger partial charge in [0.25, 0.3) is 5.91 Å². The maximum absolute atomic E-state index is 12.3. The number of fused-ring (bicyclic) bond motifs is 1. The molecule has 1 aliphatic heterocycles. The molecule has 1 aromatic heterocycles. The number of aromatic amines is 1. The second-order valence-corrected chi connectivity index (χ2v) is 6.20. The SMILES string of the molecule is CCOC(=O)COc1ccc(CCNC(=O)c2n[nH]c3c2CNCC3)cc1.Cl. The van der Waals surface area contributed by atoms with Crippen LogP contribution < -0.4 is 15.4 Å². The van der Waals surface area contributed by atoms with Crippen molar-refractivity contribution in [3.63, 3.8) is 0 Å². The number of ether oxygens (including phenoxy) is 2. The fourth-order valence-corrected chi connectivity index (χ4v) is 2.91. The average molecular weight is 409 g/mol. The minimum Gasteiger partial charge on any atom is -0.482 e. The molecule has 0 saturated carbocycles. The van der Waals surface area contributed by atoms with Gasteiger partial charge in [-0.3, -0.25) is 9.89 Å². The molecule has 0 aliphatic carbocycles. The van der Waals surface area contributed by atoms with Gasteiger partial charge in [0.15, 0.2) is 12.3 Å². The van der Waals surface area contributed by atoms with E-state index < -0.39 is 0 Å². The van der Waals surface area contributed by atoms with Crippen LogP contribution in [0.5, 0.6) is 5.75 Å². The molecule has 0 bridgehead atoms. The van der Waals surface area contributed by atoms with Gasteiger partial charge in [-0.2, -0.15) is 5.10 Å². The molecule has 0 spiro atoms. The van der Waals surface area contributed by atoms with Crippen LogP contribution >= 0.6 is 12.4 Å².